The highest BCUT2D eigenvalue weighted by Crippen LogP contribution is 2.26. The Morgan fingerprint density at radius 1 is 1.27 bits per heavy atom. The number of carbonyl (C=O) groups is 1. The van der Waals surface area contributed by atoms with Crippen LogP contribution in [0.2, 0.25) is 0 Å². The summed E-state index contributed by atoms with van der Waals surface area (Å²) in [5.41, 5.74) is 1.17. The van der Waals surface area contributed by atoms with Crippen LogP contribution in [0.4, 0.5) is 0 Å². The van der Waals surface area contributed by atoms with Crippen LogP contribution >= 0.6 is 24.0 Å². The molecule has 1 aromatic carbocycles. The number of halogens is 1. The Bertz CT molecular complexity index is 701. The number of carbonyl (C=O) groups excluding carboxylic acids is 1. The second-order valence-electron chi connectivity index (χ2n) is 7.65. The first kappa shape index (κ1) is 24.7. The van der Waals surface area contributed by atoms with Crippen LogP contribution in [-0.2, 0) is 9.53 Å². The van der Waals surface area contributed by atoms with Crippen molar-refractivity contribution in [1.82, 2.24) is 15.1 Å². The van der Waals surface area contributed by atoms with E-state index in [0.717, 1.165) is 44.2 Å². The van der Waals surface area contributed by atoms with Crippen molar-refractivity contribution in [3.63, 3.8) is 0 Å². The molecule has 2 aliphatic rings. The number of guanidine groups is 1. The van der Waals surface area contributed by atoms with Crippen LogP contribution in [0.1, 0.15) is 38.2 Å². The normalized spacial score (nSPS) is 20.5. The lowest BCUT2D eigenvalue weighted by Crippen LogP contribution is -2.55. The quantitative estimate of drug-likeness (QED) is 0.348. The van der Waals surface area contributed by atoms with E-state index in [-0.39, 0.29) is 41.9 Å². The number of piperazine rings is 1. The Balaban J connectivity index is 0.00000320. The van der Waals surface area contributed by atoms with Crippen molar-refractivity contribution >= 4 is 35.8 Å². The largest absolute Gasteiger partial charge is 0.496 e. The lowest BCUT2D eigenvalue weighted by Gasteiger charge is -2.37. The number of nitrogens with one attached hydrogen (secondary N) is 1. The van der Waals surface area contributed by atoms with Crippen LogP contribution in [0.5, 0.6) is 5.75 Å². The summed E-state index contributed by atoms with van der Waals surface area (Å²) >= 11 is 0. The maximum atomic E-state index is 12.6. The molecule has 0 spiro atoms. The van der Waals surface area contributed by atoms with Crippen molar-refractivity contribution < 1.29 is 14.3 Å². The highest BCUT2D eigenvalue weighted by Gasteiger charge is 2.30. The number of para-hydroxylation sites is 1. The maximum absolute atomic E-state index is 12.6. The number of methoxy groups -OCH3 is 1. The van der Waals surface area contributed by atoms with E-state index in [1.54, 1.807) is 7.11 Å². The summed E-state index contributed by atoms with van der Waals surface area (Å²) in [6.07, 6.45) is 1.60. The fourth-order valence-electron chi connectivity index (χ4n) is 3.94. The third-order valence-corrected chi connectivity index (χ3v) is 5.62. The number of nitrogens with zero attached hydrogens (tertiary/aromatic N) is 3. The van der Waals surface area contributed by atoms with Crippen LogP contribution in [0.3, 0.4) is 0 Å². The van der Waals surface area contributed by atoms with E-state index in [2.05, 4.69) is 30.1 Å². The first-order valence-electron chi connectivity index (χ1n) is 10.7. The van der Waals surface area contributed by atoms with Gasteiger partial charge in [-0.1, -0.05) is 25.1 Å². The standard InChI is InChI=1S/C22H34N4O3.HI/c1-4-23-22(24-16-17(2)18-8-5-6-9-19(18)28-3)26-13-11-25(12-14-26)21(27)20-10-7-15-29-20;/h5-6,8-9,17,20H,4,7,10-16H2,1-3H3,(H,23,24);1H. The molecule has 1 aromatic rings. The highest BCUT2D eigenvalue weighted by atomic mass is 127. The minimum atomic E-state index is -0.231. The van der Waals surface area contributed by atoms with E-state index in [1.165, 1.54) is 5.56 Å². The molecule has 2 unspecified atom stereocenters. The van der Waals surface area contributed by atoms with Gasteiger partial charge in [0.2, 0.25) is 0 Å². The number of aliphatic imine (C=N–C) groups is 1. The Morgan fingerprint density at radius 3 is 2.60 bits per heavy atom. The van der Waals surface area contributed by atoms with Gasteiger partial charge in [-0.3, -0.25) is 9.79 Å². The van der Waals surface area contributed by atoms with Crippen LogP contribution < -0.4 is 10.1 Å². The zero-order valence-electron chi connectivity index (χ0n) is 18.3. The van der Waals surface area contributed by atoms with Crippen LogP contribution in [0.25, 0.3) is 0 Å². The SMILES string of the molecule is CCNC(=NCC(C)c1ccccc1OC)N1CCN(C(=O)C2CCCO2)CC1.I. The summed E-state index contributed by atoms with van der Waals surface area (Å²) < 4.78 is 11.0. The molecule has 1 N–H and O–H groups in total. The second-order valence-corrected chi connectivity index (χ2v) is 7.65. The molecule has 0 radical (unpaired) electrons. The molecular weight excluding hydrogens is 495 g/mol. The molecule has 2 saturated heterocycles. The van der Waals surface area contributed by atoms with Gasteiger partial charge in [-0.25, -0.2) is 0 Å². The summed E-state index contributed by atoms with van der Waals surface area (Å²) in [6.45, 7) is 9.45. The fraction of sp³-hybridized carbons (Fsp3) is 0.636. The number of hydrogen-bond donors (Lipinski definition) is 1. The first-order valence-corrected chi connectivity index (χ1v) is 10.7. The van der Waals surface area contributed by atoms with Crippen molar-refractivity contribution in [3.8, 4) is 5.75 Å². The van der Waals surface area contributed by atoms with Gasteiger partial charge in [0, 0.05) is 51.8 Å². The summed E-state index contributed by atoms with van der Waals surface area (Å²) in [6, 6.07) is 8.11. The average molecular weight is 530 g/mol. The zero-order valence-corrected chi connectivity index (χ0v) is 20.6. The van der Waals surface area contributed by atoms with Gasteiger partial charge >= 0.3 is 0 Å². The van der Waals surface area contributed by atoms with Gasteiger partial charge in [-0.05, 0) is 31.4 Å². The molecule has 0 aromatic heterocycles. The van der Waals surface area contributed by atoms with Crippen LogP contribution in [0, 0.1) is 0 Å². The smallest absolute Gasteiger partial charge is 0.251 e. The Labute approximate surface area is 197 Å². The minimum Gasteiger partial charge on any atom is -0.496 e. The van der Waals surface area contributed by atoms with E-state index in [9.17, 15) is 4.79 Å². The zero-order chi connectivity index (χ0) is 20.6. The van der Waals surface area contributed by atoms with Crippen molar-refractivity contribution in [2.24, 2.45) is 4.99 Å². The highest BCUT2D eigenvalue weighted by molar-refractivity contribution is 14.0. The Morgan fingerprint density at radius 2 is 1.97 bits per heavy atom. The summed E-state index contributed by atoms with van der Waals surface area (Å²) in [5, 5.41) is 3.40. The molecule has 2 fully saturated rings. The third-order valence-electron chi connectivity index (χ3n) is 5.62. The number of hydrogen-bond acceptors (Lipinski definition) is 4. The summed E-state index contributed by atoms with van der Waals surface area (Å²) in [7, 11) is 1.70. The number of amides is 1. The third kappa shape index (κ3) is 6.23. The van der Waals surface area contributed by atoms with Gasteiger partial charge in [0.25, 0.3) is 5.91 Å². The molecule has 1 amide bonds. The van der Waals surface area contributed by atoms with Gasteiger partial charge in [0.1, 0.15) is 11.9 Å². The molecule has 2 aliphatic heterocycles. The van der Waals surface area contributed by atoms with Crippen LogP contribution in [-0.4, -0.2) is 80.8 Å². The van der Waals surface area contributed by atoms with Crippen molar-refractivity contribution in [2.45, 2.75) is 38.7 Å². The van der Waals surface area contributed by atoms with E-state index in [0.29, 0.717) is 26.2 Å². The molecule has 0 aliphatic carbocycles. The van der Waals surface area contributed by atoms with Gasteiger partial charge in [0.05, 0.1) is 7.11 Å². The molecule has 8 heteroatoms. The monoisotopic (exact) mass is 530 g/mol. The molecule has 7 nitrogen and oxygen atoms in total. The second kappa shape index (κ2) is 12.3. The van der Waals surface area contributed by atoms with Crippen molar-refractivity contribution in [2.75, 3.05) is 53.0 Å². The van der Waals surface area contributed by atoms with Gasteiger partial charge in [0.15, 0.2) is 5.96 Å². The predicted molar refractivity (Wildman–Crippen MR) is 130 cm³/mol. The lowest BCUT2D eigenvalue weighted by atomic mass is 10.0. The Kier molecular flexibility index (Phi) is 10.2. The molecular formula is C22H35IN4O3. The lowest BCUT2D eigenvalue weighted by molar-refractivity contribution is -0.142. The van der Waals surface area contributed by atoms with Gasteiger partial charge in [-0.2, -0.15) is 0 Å². The van der Waals surface area contributed by atoms with E-state index in [4.69, 9.17) is 14.5 Å². The molecule has 30 heavy (non-hydrogen) atoms. The minimum absolute atomic E-state index is 0. The first-order chi connectivity index (χ1) is 14.1. The molecule has 2 atom stereocenters. The van der Waals surface area contributed by atoms with E-state index < -0.39 is 0 Å². The number of ether oxygens (including phenoxy) is 2. The van der Waals surface area contributed by atoms with Crippen molar-refractivity contribution in [1.29, 1.82) is 0 Å². The van der Waals surface area contributed by atoms with Gasteiger partial charge in [-0.15, -0.1) is 24.0 Å². The topological polar surface area (TPSA) is 66.4 Å². The molecule has 0 saturated carbocycles. The average Bonchev–Trinajstić information content (AvgIpc) is 3.31. The summed E-state index contributed by atoms with van der Waals surface area (Å²) in [5.74, 6) is 2.22. The van der Waals surface area contributed by atoms with E-state index in [1.807, 2.05) is 23.1 Å². The fourth-order valence-corrected chi connectivity index (χ4v) is 3.94. The maximum Gasteiger partial charge on any atom is 0.251 e. The number of rotatable bonds is 6. The van der Waals surface area contributed by atoms with Crippen LogP contribution in [0.15, 0.2) is 29.3 Å². The molecule has 0 bridgehead atoms. The van der Waals surface area contributed by atoms with E-state index >= 15 is 0 Å². The molecule has 2 heterocycles. The molecule has 3 rings (SSSR count). The van der Waals surface area contributed by atoms with Gasteiger partial charge < -0.3 is 24.6 Å². The Hall–Kier alpha value is -1.55. The predicted octanol–water partition coefficient (Wildman–Crippen LogP) is 2.71. The van der Waals surface area contributed by atoms with Crippen molar-refractivity contribution in [3.05, 3.63) is 29.8 Å². The summed E-state index contributed by atoms with van der Waals surface area (Å²) in [4.78, 5) is 21.6. The molecule has 168 valence electrons. The number of benzene rings is 1.